The molecule has 2 N–H and O–H groups in total. The summed E-state index contributed by atoms with van der Waals surface area (Å²) in [5.41, 5.74) is 0. The predicted molar refractivity (Wildman–Crippen MR) is 76.1 cm³/mol. The zero-order chi connectivity index (χ0) is 13.2. The molecule has 106 valence electrons. The monoisotopic (exact) mass is 256 g/mol. The van der Waals surface area contributed by atoms with Crippen LogP contribution in [0.15, 0.2) is 4.99 Å². The van der Waals surface area contributed by atoms with E-state index in [1.165, 1.54) is 25.7 Å². The Morgan fingerprint density at radius 3 is 2.67 bits per heavy atom. The van der Waals surface area contributed by atoms with Crippen molar-refractivity contribution in [2.24, 2.45) is 4.99 Å². The lowest BCUT2D eigenvalue weighted by atomic mass is 10.2. The highest BCUT2D eigenvalue weighted by Gasteiger charge is 2.15. The van der Waals surface area contributed by atoms with Gasteiger partial charge in [-0.3, -0.25) is 4.99 Å². The normalized spacial score (nSPS) is 17.4. The average molecular weight is 256 g/mol. The lowest BCUT2D eigenvalue weighted by Gasteiger charge is -2.19. The van der Waals surface area contributed by atoms with Crippen molar-refractivity contribution in [1.82, 2.24) is 15.5 Å². The molecule has 0 radical (unpaired) electrons. The summed E-state index contributed by atoms with van der Waals surface area (Å²) in [5, 5.41) is 6.84. The van der Waals surface area contributed by atoms with E-state index in [4.69, 9.17) is 4.74 Å². The largest absolute Gasteiger partial charge is 0.383 e. The first kappa shape index (κ1) is 15.2. The minimum atomic E-state index is 0.613. The summed E-state index contributed by atoms with van der Waals surface area (Å²) in [6.45, 7) is 3.65. The molecule has 1 aliphatic rings. The maximum atomic E-state index is 5.05. The molecule has 1 saturated carbocycles. The van der Waals surface area contributed by atoms with Crippen LogP contribution in [0.25, 0.3) is 0 Å². The minimum Gasteiger partial charge on any atom is -0.383 e. The van der Waals surface area contributed by atoms with E-state index in [1.54, 1.807) is 7.11 Å². The van der Waals surface area contributed by atoms with Gasteiger partial charge in [-0.25, -0.2) is 0 Å². The van der Waals surface area contributed by atoms with Crippen LogP contribution in [0, 0.1) is 0 Å². The van der Waals surface area contributed by atoms with Crippen LogP contribution >= 0.6 is 0 Å². The van der Waals surface area contributed by atoms with E-state index in [0.29, 0.717) is 6.04 Å². The maximum absolute atomic E-state index is 5.05. The number of aliphatic imine (C=N–C) groups is 1. The number of guanidine groups is 1. The molecule has 0 heterocycles. The van der Waals surface area contributed by atoms with Gasteiger partial charge in [0.15, 0.2) is 5.96 Å². The molecule has 0 aromatic rings. The molecule has 5 nitrogen and oxygen atoms in total. The quantitative estimate of drug-likeness (QED) is 0.519. The Labute approximate surface area is 111 Å². The van der Waals surface area contributed by atoms with Gasteiger partial charge in [-0.05, 0) is 19.9 Å². The van der Waals surface area contributed by atoms with Crippen LogP contribution in [0.1, 0.15) is 25.7 Å². The van der Waals surface area contributed by atoms with Gasteiger partial charge in [-0.1, -0.05) is 12.8 Å². The van der Waals surface area contributed by atoms with Gasteiger partial charge in [-0.15, -0.1) is 0 Å². The van der Waals surface area contributed by atoms with Crippen LogP contribution in [0.3, 0.4) is 0 Å². The van der Waals surface area contributed by atoms with Crippen LogP contribution in [0.2, 0.25) is 0 Å². The Kier molecular flexibility index (Phi) is 7.76. The number of likely N-dealkylation sites (N-methyl/N-ethyl adjacent to an activating group) is 1. The number of hydrogen-bond donors (Lipinski definition) is 2. The summed E-state index contributed by atoms with van der Waals surface area (Å²) in [7, 11) is 5.67. The van der Waals surface area contributed by atoms with Gasteiger partial charge in [0.05, 0.1) is 6.61 Å². The van der Waals surface area contributed by atoms with E-state index in [2.05, 4.69) is 27.6 Å². The Bertz CT molecular complexity index is 239. The molecule has 0 atom stereocenters. The minimum absolute atomic E-state index is 0.613. The molecule has 1 aliphatic carbocycles. The van der Waals surface area contributed by atoms with Crippen LogP contribution < -0.4 is 10.6 Å². The molecule has 0 aromatic heterocycles. The van der Waals surface area contributed by atoms with Crippen molar-refractivity contribution in [3.05, 3.63) is 0 Å². The number of ether oxygens (including phenoxy) is 1. The molecule has 5 heteroatoms. The van der Waals surface area contributed by atoms with E-state index in [9.17, 15) is 0 Å². The SMILES string of the molecule is CN=C(NCCN(C)CCOC)NC1CCCC1. The summed E-state index contributed by atoms with van der Waals surface area (Å²) in [6, 6.07) is 0.613. The van der Waals surface area contributed by atoms with Gasteiger partial charge in [0, 0.05) is 39.8 Å². The number of nitrogens with one attached hydrogen (secondary N) is 2. The number of hydrogen-bond acceptors (Lipinski definition) is 3. The Morgan fingerprint density at radius 2 is 2.06 bits per heavy atom. The molecule has 0 bridgehead atoms. The van der Waals surface area contributed by atoms with Crippen molar-refractivity contribution >= 4 is 5.96 Å². The van der Waals surface area contributed by atoms with Gasteiger partial charge in [0.25, 0.3) is 0 Å². The predicted octanol–water partition coefficient (Wildman–Crippen LogP) is 0.672. The first-order chi connectivity index (χ1) is 8.76. The summed E-state index contributed by atoms with van der Waals surface area (Å²) < 4.78 is 5.05. The van der Waals surface area contributed by atoms with Gasteiger partial charge in [0.2, 0.25) is 0 Å². The Balaban J connectivity index is 2.11. The molecule has 1 rings (SSSR count). The Hall–Kier alpha value is -0.810. The molecule has 0 spiro atoms. The van der Waals surface area contributed by atoms with E-state index >= 15 is 0 Å². The van der Waals surface area contributed by atoms with E-state index in [-0.39, 0.29) is 0 Å². The van der Waals surface area contributed by atoms with Gasteiger partial charge >= 0.3 is 0 Å². The highest BCUT2D eigenvalue weighted by molar-refractivity contribution is 5.79. The van der Waals surface area contributed by atoms with Crippen LogP contribution in [-0.4, -0.2) is 64.3 Å². The maximum Gasteiger partial charge on any atom is 0.191 e. The number of rotatable bonds is 7. The summed E-state index contributed by atoms with van der Waals surface area (Å²) in [4.78, 5) is 6.51. The summed E-state index contributed by atoms with van der Waals surface area (Å²) in [5.74, 6) is 0.932. The molecular weight excluding hydrogens is 228 g/mol. The first-order valence-corrected chi connectivity index (χ1v) is 6.91. The Morgan fingerprint density at radius 1 is 1.33 bits per heavy atom. The topological polar surface area (TPSA) is 48.9 Å². The molecular formula is C13H28N4O. The third kappa shape index (κ3) is 6.21. The number of methoxy groups -OCH3 is 1. The standard InChI is InChI=1S/C13H28N4O/c1-14-13(16-12-6-4-5-7-12)15-8-9-17(2)10-11-18-3/h12H,4-11H2,1-3H3,(H2,14,15,16). The molecule has 18 heavy (non-hydrogen) atoms. The smallest absolute Gasteiger partial charge is 0.191 e. The molecule has 0 amide bonds. The molecule has 0 aliphatic heterocycles. The van der Waals surface area contributed by atoms with Crippen molar-refractivity contribution < 1.29 is 4.74 Å². The molecule has 0 aromatic carbocycles. The second-order valence-corrected chi connectivity index (χ2v) is 4.92. The third-order valence-electron chi connectivity index (χ3n) is 3.38. The van der Waals surface area contributed by atoms with Gasteiger partial charge in [0.1, 0.15) is 0 Å². The third-order valence-corrected chi connectivity index (χ3v) is 3.38. The van der Waals surface area contributed by atoms with E-state index in [0.717, 1.165) is 32.2 Å². The lowest BCUT2D eigenvalue weighted by molar-refractivity contribution is 0.162. The zero-order valence-electron chi connectivity index (χ0n) is 12.0. The molecule has 0 saturated heterocycles. The van der Waals surface area contributed by atoms with Gasteiger partial charge in [-0.2, -0.15) is 0 Å². The van der Waals surface area contributed by atoms with Crippen LogP contribution in [-0.2, 0) is 4.74 Å². The second-order valence-electron chi connectivity index (χ2n) is 4.92. The van der Waals surface area contributed by atoms with E-state index in [1.807, 2.05) is 7.05 Å². The fourth-order valence-electron chi connectivity index (χ4n) is 2.18. The van der Waals surface area contributed by atoms with Crippen LogP contribution in [0.4, 0.5) is 0 Å². The van der Waals surface area contributed by atoms with Crippen molar-refractivity contribution in [3.8, 4) is 0 Å². The van der Waals surface area contributed by atoms with Crippen molar-refractivity contribution in [2.45, 2.75) is 31.7 Å². The molecule has 0 unspecified atom stereocenters. The van der Waals surface area contributed by atoms with Crippen molar-refractivity contribution in [1.29, 1.82) is 0 Å². The lowest BCUT2D eigenvalue weighted by Crippen LogP contribution is -2.44. The number of nitrogens with zero attached hydrogens (tertiary/aromatic N) is 2. The average Bonchev–Trinajstić information content (AvgIpc) is 2.88. The summed E-state index contributed by atoms with van der Waals surface area (Å²) >= 11 is 0. The van der Waals surface area contributed by atoms with Crippen LogP contribution in [0.5, 0.6) is 0 Å². The van der Waals surface area contributed by atoms with Gasteiger partial charge < -0.3 is 20.3 Å². The molecule has 1 fully saturated rings. The van der Waals surface area contributed by atoms with Crippen molar-refractivity contribution in [3.63, 3.8) is 0 Å². The fraction of sp³-hybridized carbons (Fsp3) is 0.923. The fourth-order valence-corrected chi connectivity index (χ4v) is 2.18. The zero-order valence-corrected chi connectivity index (χ0v) is 12.0. The second kappa shape index (κ2) is 9.16. The highest BCUT2D eigenvalue weighted by Crippen LogP contribution is 2.17. The summed E-state index contributed by atoms with van der Waals surface area (Å²) in [6.07, 6.45) is 5.23. The van der Waals surface area contributed by atoms with Crippen molar-refractivity contribution in [2.75, 3.05) is 47.4 Å². The van der Waals surface area contributed by atoms with E-state index < -0.39 is 0 Å². The first-order valence-electron chi connectivity index (χ1n) is 6.91. The highest BCUT2D eigenvalue weighted by atomic mass is 16.5.